The molecule has 1 unspecified atom stereocenters. The van der Waals surface area contributed by atoms with Crippen molar-refractivity contribution in [2.24, 2.45) is 35.0 Å². The highest BCUT2D eigenvalue weighted by Crippen LogP contribution is 2.27. The molecule has 1 atom stereocenters. The fourth-order valence-electron chi connectivity index (χ4n) is 8.32. The van der Waals surface area contributed by atoms with Crippen molar-refractivity contribution in [3.05, 3.63) is 0 Å². The third-order valence-electron chi connectivity index (χ3n) is 14.8. The van der Waals surface area contributed by atoms with Crippen molar-refractivity contribution in [3.8, 4) is 0 Å². The van der Waals surface area contributed by atoms with Crippen molar-refractivity contribution in [2.45, 2.75) is 309 Å². The first kappa shape index (κ1) is 102. The van der Waals surface area contributed by atoms with Gasteiger partial charge in [-0.1, -0.05) is 232 Å². The van der Waals surface area contributed by atoms with E-state index in [9.17, 15) is 0 Å². The van der Waals surface area contributed by atoms with Gasteiger partial charge in [-0.2, -0.15) is 0 Å². The van der Waals surface area contributed by atoms with Gasteiger partial charge in [-0.3, -0.25) is 0 Å². The lowest BCUT2D eigenvalue weighted by Gasteiger charge is -2.20. The second-order valence-electron chi connectivity index (χ2n) is 26.2. The lowest BCUT2D eigenvalue weighted by molar-refractivity contribution is 0.337. The summed E-state index contributed by atoms with van der Waals surface area (Å²) in [5.41, 5.74) is 0.489. The van der Waals surface area contributed by atoms with Crippen LogP contribution in [0.5, 0.6) is 0 Å². The molecule has 3 rings (SSSR count). The summed E-state index contributed by atoms with van der Waals surface area (Å²) in [7, 11) is 21.9. The summed E-state index contributed by atoms with van der Waals surface area (Å²) in [6.45, 7) is 45.7. The molecule has 11 nitrogen and oxygen atoms in total. The molecular weight excluding hydrogens is 1030 g/mol. The Labute approximate surface area is 536 Å². The molecular formula is C73H175N11. The first-order valence-corrected chi connectivity index (χ1v) is 36.3. The van der Waals surface area contributed by atoms with Gasteiger partial charge in [-0.05, 0) is 236 Å². The van der Waals surface area contributed by atoms with Gasteiger partial charge in [0.2, 0.25) is 0 Å². The smallest absolute Gasteiger partial charge is 0.00331 e. The molecule has 0 spiro atoms. The SMILES string of the molecule is CCC(C)NC.CCC1CCCCC1.CCCCCNC.CCCCCNC.CCCCNC.CCCNC.CNC(C)C.CNCC(C)C.CNCCC(C)(C)C.CNCCC(C)C.CNCCC1CCCC1.CNCCC1CCCCC1. The van der Waals surface area contributed by atoms with Crippen LogP contribution in [0.4, 0.5) is 0 Å². The van der Waals surface area contributed by atoms with Gasteiger partial charge in [0, 0.05) is 12.1 Å². The van der Waals surface area contributed by atoms with Crippen LogP contribution < -0.4 is 58.5 Å². The number of unbranched alkanes of at least 4 members (excludes halogenated alkanes) is 5. The normalized spacial score (nSPS) is 14.1. The standard InChI is InChI=1S/C9H19N.C8H17N.C8H16.C7H17N.3C6H15N.3C5H13N.2C4H11N/c1-10-8-7-9-5-3-2-4-6-9;1-9-7-6-8-4-2-3-5-8;1-2-8-6-4-3-5-7-8;1-7(2,3)5-6-8-4;1-6(2)4-5-7-3;2*1-3-4-5-6-7-2;1-5(2)4-6-3;1-4-5(2)6-3;1-3-4-5-6-2;1-4(2)5-3;1-3-4-5-2/h9-10H,2-8H2,1H3;8-9H,2-7H2,1H3;8H,2-7H2,1H3;8H,5-6H2,1-4H3;6-7H,4-5H2,1-3H3;2*7H,3-6H2,1-2H3;2*5-6H,4H2,1-3H3;6H,3-5H2,1-2H3;4-5H,1-3H3;5H,3-4H2,1-2H3. The van der Waals surface area contributed by atoms with E-state index in [1.54, 1.807) is 0 Å². The quantitative estimate of drug-likeness (QED) is 0.0314. The largest absolute Gasteiger partial charge is 0.320 e. The van der Waals surface area contributed by atoms with Crippen molar-refractivity contribution < 1.29 is 0 Å². The topological polar surface area (TPSA) is 132 Å². The summed E-state index contributed by atoms with van der Waals surface area (Å²) in [4.78, 5) is 0. The van der Waals surface area contributed by atoms with E-state index in [0.29, 0.717) is 17.5 Å². The Morgan fingerprint density at radius 3 is 0.857 bits per heavy atom. The van der Waals surface area contributed by atoms with Crippen LogP contribution in [0, 0.1) is 35.0 Å². The molecule has 0 amide bonds. The van der Waals surface area contributed by atoms with Crippen molar-refractivity contribution in [3.63, 3.8) is 0 Å². The van der Waals surface area contributed by atoms with Crippen molar-refractivity contribution in [1.82, 2.24) is 58.5 Å². The number of hydrogen-bond donors (Lipinski definition) is 11. The summed E-state index contributed by atoms with van der Waals surface area (Å²) in [5.74, 6) is 4.81. The highest BCUT2D eigenvalue weighted by molar-refractivity contribution is 4.68. The third kappa shape index (κ3) is 131. The predicted octanol–water partition coefficient (Wildman–Crippen LogP) is 16.7. The molecule has 3 fully saturated rings. The number of rotatable bonds is 30. The van der Waals surface area contributed by atoms with Crippen LogP contribution in [-0.4, -0.2) is 149 Å². The van der Waals surface area contributed by atoms with Gasteiger partial charge in [0.25, 0.3) is 0 Å². The summed E-state index contributed by atoms with van der Waals surface area (Å²) >= 11 is 0. The molecule has 0 radical (unpaired) electrons. The Bertz CT molecular complexity index is 935. The first-order valence-electron chi connectivity index (χ1n) is 36.3. The second-order valence-corrected chi connectivity index (χ2v) is 26.2. The van der Waals surface area contributed by atoms with Crippen LogP contribution in [-0.2, 0) is 0 Å². The zero-order chi connectivity index (χ0) is 66.2. The summed E-state index contributed by atoms with van der Waals surface area (Å²) in [6.07, 6.45) is 40.7. The van der Waals surface area contributed by atoms with Gasteiger partial charge in [-0.15, -0.1) is 0 Å². The van der Waals surface area contributed by atoms with Crippen molar-refractivity contribution in [1.29, 1.82) is 0 Å². The number of hydrogen-bond acceptors (Lipinski definition) is 11. The fraction of sp³-hybridized carbons (Fsp3) is 1.00. The van der Waals surface area contributed by atoms with E-state index in [2.05, 4.69) is 169 Å². The maximum absolute atomic E-state index is 3.21. The van der Waals surface area contributed by atoms with E-state index in [-0.39, 0.29) is 0 Å². The van der Waals surface area contributed by atoms with Crippen LogP contribution in [0.15, 0.2) is 0 Å². The third-order valence-corrected chi connectivity index (χ3v) is 14.8. The van der Waals surface area contributed by atoms with Crippen LogP contribution in [0.1, 0.15) is 297 Å². The molecule has 84 heavy (non-hydrogen) atoms. The van der Waals surface area contributed by atoms with Crippen LogP contribution in [0.25, 0.3) is 0 Å². The van der Waals surface area contributed by atoms with E-state index in [4.69, 9.17) is 0 Å². The molecule has 0 bridgehead atoms. The van der Waals surface area contributed by atoms with Gasteiger partial charge >= 0.3 is 0 Å². The second kappa shape index (κ2) is 96.2. The van der Waals surface area contributed by atoms with E-state index in [1.165, 1.54) is 212 Å². The minimum absolute atomic E-state index is 0.489. The molecule has 3 aliphatic rings. The molecule has 0 aromatic heterocycles. The van der Waals surface area contributed by atoms with Gasteiger partial charge < -0.3 is 58.5 Å². The Kier molecular flexibility index (Phi) is 117. The summed E-state index contributed by atoms with van der Waals surface area (Å²) < 4.78 is 0. The Morgan fingerprint density at radius 1 is 0.345 bits per heavy atom. The first-order chi connectivity index (χ1) is 40.1. The van der Waals surface area contributed by atoms with Crippen LogP contribution in [0.3, 0.4) is 0 Å². The minimum Gasteiger partial charge on any atom is -0.320 e. The molecule has 11 N–H and O–H groups in total. The van der Waals surface area contributed by atoms with Gasteiger partial charge in [0.15, 0.2) is 0 Å². The van der Waals surface area contributed by atoms with Gasteiger partial charge in [-0.25, -0.2) is 0 Å². The Morgan fingerprint density at radius 2 is 0.690 bits per heavy atom. The van der Waals surface area contributed by atoms with Gasteiger partial charge in [0.05, 0.1) is 0 Å². The predicted molar refractivity (Wildman–Crippen MR) is 396 cm³/mol. The molecule has 3 aliphatic carbocycles. The maximum atomic E-state index is 3.21. The monoisotopic (exact) mass is 1210 g/mol. The van der Waals surface area contributed by atoms with Crippen molar-refractivity contribution in [2.75, 3.05) is 136 Å². The highest BCUT2D eigenvalue weighted by Gasteiger charge is 2.14. The molecule has 522 valence electrons. The number of nitrogens with one attached hydrogen (secondary N) is 11. The molecule has 3 saturated carbocycles. The fourth-order valence-corrected chi connectivity index (χ4v) is 8.32. The molecule has 0 aromatic rings. The Balaban J connectivity index is -0.000000105. The maximum Gasteiger partial charge on any atom is 0.00331 e. The zero-order valence-corrected chi connectivity index (χ0v) is 63.9. The zero-order valence-electron chi connectivity index (χ0n) is 63.9. The van der Waals surface area contributed by atoms with Gasteiger partial charge in [0.1, 0.15) is 0 Å². The van der Waals surface area contributed by atoms with Crippen molar-refractivity contribution >= 4 is 0 Å². The lowest BCUT2D eigenvalue weighted by atomic mass is 9.87. The molecule has 11 heteroatoms. The highest BCUT2D eigenvalue weighted by atomic mass is 14.9. The molecule has 0 saturated heterocycles. The molecule has 0 heterocycles. The molecule has 0 aliphatic heterocycles. The minimum atomic E-state index is 0.489. The molecule has 0 aromatic carbocycles. The Hall–Kier alpha value is -0.440. The lowest BCUT2D eigenvalue weighted by Crippen LogP contribution is -2.19. The van der Waals surface area contributed by atoms with E-state index in [0.717, 1.165) is 62.3 Å². The van der Waals surface area contributed by atoms with E-state index in [1.807, 2.05) is 77.5 Å². The average Bonchev–Trinajstić information content (AvgIpc) is 4.03. The summed E-state index contributed by atoms with van der Waals surface area (Å²) in [5, 5.41) is 34.1. The van der Waals surface area contributed by atoms with Crippen LogP contribution in [0.2, 0.25) is 0 Å². The average molecular weight is 1210 g/mol. The van der Waals surface area contributed by atoms with E-state index >= 15 is 0 Å². The van der Waals surface area contributed by atoms with E-state index < -0.39 is 0 Å². The van der Waals surface area contributed by atoms with Crippen LogP contribution >= 0.6 is 0 Å². The summed E-state index contributed by atoms with van der Waals surface area (Å²) in [6, 6.07) is 1.32.